The van der Waals surface area contributed by atoms with E-state index in [0.29, 0.717) is 17.5 Å². The minimum absolute atomic E-state index is 0.685. The molecule has 12 nitrogen and oxygen atoms in total. The van der Waals surface area contributed by atoms with Crippen molar-refractivity contribution in [2.45, 2.75) is 0 Å². The minimum Gasteiger partial charge on any atom is -0.309 e. The first-order chi connectivity index (χ1) is 69.9. The van der Waals surface area contributed by atoms with Gasteiger partial charge in [-0.25, -0.2) is 39.9 Å². The lowest BCUT2D eigenvalue weighted by Gasteiger charge is -2.33. The molecule has 24 aromatic rings. The number of rotatable bonds is 15. The van der Waals surface area contributed by atoms with Gasteiger partial charge in [-0.3, -0.25) is 4.98 Å². The van der Waals surface area contributed by atoms with Crippen molar-refractivity contribution in [1.29, 1.82) is 0 Å². The van der Waals surface area contributed by atoms with Crippen molar-refractivity contribution < 1.29 is 0 Å². The Morgan fingerprint density at radius 1 is 0.149 bits per heavy atom. The Bertz CT molecular complexity index is 7860. The van der Waals surface area contributed by atoms with Crippen LogP contribution in [0.5, 0.6) is 0 Å². The molecule has 660 valence electrons. The lowest BCUT2D eigenvalue weighted by Crippen LogP contribution is -2.15. The van der Waals surface area contributed by atoms with Gasteiger partial charge in [0.15, 0.2) is 17.5 Å². The van der Waals surface area contributed by atoms with Crippen LogP contribution in [0, 0.1) is 0 Å². The first kappa shape index (κ1) is 83.6. The molecule has 6 aromatic heterocycles. The molecule has 0 bridgehead atoms. The molecule has 0 atom stereocenters. The van der Waals surface area contributed by atoms with Gasteiger partial charge in [0, 0.05) is 117 Å². The van der Waals surface area contributed by atoms with Crippen molar-refractivity contribution >= 4 is 83.8 Å². The Hall–Kier alpha value is -19.2. The highest BCUT2D eigenvalue weighted by Crippen LogP contribution is 2.56. The second-order valence-corrected chi connectivity index (χ2v) is 35.1. The summed E-state index contributed by atoms with van der Waals surface area (Å²) in [6, 6.07) is 175. The van der Waals surface area contributed by atoms with Crippen molar-refractivity contribution in [3.05, 3.63) is 510 Å². The Kier molecular flexibility index (Phi) is 21.7. The van der Waals surface area contributed by atoms with Crippen molar-refractivity contribution in [2.24, 2.45) is 0 Å². The van der Waals surface area contributed by atoms with Crippen LogP contribution in [-0.4, -0.2) is 44.9 Å². The summed E-state index contributed by atoms with van der Waals surface area (Å²) in [7, 11) is 0. The Balaban J connectivity index is 0.000000111. The molecule has 0 unspecified atom stereocenters. The predicted octanol–water partition coefficient (Wildman–Crippen LogP) is 33.4. The van der Waals surface area contributed by atoms with Crippen LogP contribution < -0.4 is 14.7 Å². The van der Waals surface area contributed by atoms with Crippen LogP contribution >= 0.6 is 0 Å². The SMILES string of the molecule is c1ccc(-c2cc(-c3ccccc3)nc(-c3cccc(N4c5ccccc5-c5cc(-c6ccccc6)nc6cccc4c56)c3)n2)cc1.c1ccc(-c2cc(-c3ccccc3)nc(-c3cccc(N4c5ccccc5-c5nc(-c6ccccc6)cc6cccc4c56)c3)n2)cc1.c1ccc(-c2cc3c4c(ccnc4c2)N(c2cccc(-c4nc(-c5ccccc5)cc(-c5ccccc5)n4)c2)c2ccccc2-3)cc1. The molecule has 0 spiro atoms. The molecule has 141 heavy (non-hydrogen) atoms. The third kappa shape index (κ3) is 16.1. The first-order valence-electron chi connectivity index (χ1n) is 47.4. The molecule has 3 aliphatic heterocycles. The average molecular weight is 1800 g/mol. The van der Waals surface area contributed by atoms with Crippen LogP contribution in [0.25, 0.3) is 201 Å². The van der Waals surface area contributed by atoms with Gasteiger partial charge in [0.25, 0.3) is 0 Å². The summed E-state index contributed by atoms with van der Waals surface area (Å²) in [5, 5.41) is 4.59. The van der Waals surface area contributed by atoms with E-state index in [-0.39, 0.29) is 0 Å². The second-order valence-electron chi connectivity index (χ2n) is 35.1. The predicted molar refractivity (Wildman–Crippen MR) is 578 cm³/mol. The Morgan fingerprint density at radius 3 is 0.823 bits per heavy atom. The maximum Gasteiger partial charge on any atom is 0.160 e. The fourth-order valence-corrected chi connectivity index (χ4v) is 19.8. The molecule has 9 heterocycles. The van der Waals surface area contributed by atoms with E-state index in [1.165, 1.54) is 27.8 Å². The van der Waals surface area contributed by atoms with Crippen LogP contribution in [0.3, 0.4) is 0 Å². The van der Waals surface area contributed by atoms with Crippen molar-refractivity contribution in [2.75, 3.05) is 14.7 Å². The lowest BCUT2D eigenvalue weighted by molar-refractivity contribution is 1.18. The van der Waals surface area contributed by atoms with E-state index < -0.39 is 0 Å². The minimum atomic E-state index is 0.685. The summed E-state index contributed by atoms with van der Waals surface area (Å²) >= 11 is 0. The zero-order valence-electron chi connectivity index (χ0n) is 76.4. The van der Waals surface area contributed by atoms with Crippen LogP contribution in [0.1, 0.15) is 0 Å². The van der Waals surface area contributed by atoms with E-state index in [2.05, 4.69) is 397 Å². The molecule has 0 radical (unpaired) electrons. The number of hydrogen-bond acceptors (Lipinski definition) is 12. The molecule has 0 aliphatic carbocycles. The fourth-order valence-electron chi connectivity index (χ4n) is 19.8. The number of benzene rings is 18. The highest BCUT2D eigenvalue weighted by Gasteiger charge is 2.33. The van der Waals surface area contributed by atoms with E-state index in [1.54, 1.807) is 0 Å². The summed E-state index contributed by atoms with van der Waals surface area (Å²) in [6.45, 7) is 0. The average Bonchev–Trinajstić information content (AvgIpc) is 0.728. The zero-order valence-corrected chi connectivity index (χ0v) is 76.4. The first-order valence-corrected chi connectivity index (χ1v) is 47.4. The zero-order chi connectivity index (χ0) is 93.5. The molecule has 3 aliphatic rings. The molecule has 12 heteroatoms. The molecular formula is C129H84N12. The number of fused-ring (bicyclic) bond motifs is 6. The van der Waals surface area contributed by atoms with E-state index in [4.69, 9.17) is 44.9 Å². The number of nitrogens with zero attached hydrogens (tertiary/aromatic N) is 12. The number of para-hydroxylation sites is 3. The Morgan fingerprint density at radius 2 is 0.433 bits per heavy atom. The summed E-state index contributed by atoms with van der Waals surface area (Å²) in [5.74, 6) is 2.06. The summed E-state index contributed by atoms with van der Waals surface area (Å²) in [5.41, 5.74) is 39.6. The highest BCUT2D eigenvalue weighted by atomic mass is 15.2. The fraction of sp³-hybridized carbons (Fsp3) is 0. The monoisotopic (exact) mass is 1800 g/mol. The lowest BCUT2D eigenvalue weighted by atomic mass is 9.89. The molecule has 0 saturated carbocycles. The van der Waals surface area contributed by atoms with Gasteiger partial charge in [0.1, 0.15) is 0 Å². The normalized spacial score (nSPS) is 11.8. The van der Waals surface area contributed by atoms with Gasteiger partial charge in [0.2, 0.25) is 0 Å². The van der Waals surface area contributed by atoms with E-state index in [0.717, 1.165) is 207 Å². The van der Waals surface area contributed by atoms with Crippen LogP contribution in [0.15, 0.2) is 510 Å². The molecule has 0 saturated heterocycles. The molecular weight excluding hydrogens is 1720 g/mol. The molecule has 27 rings (SSSR count). The smallest absolute Gasteiger partial charge is 0.160 e. The molecule has 0 fully saturated rings. The number of aromatic nitrogens is 9. The third-order valence-electron chi connectivity index (χ3n) is 26.4. The number of hydrogen-bond donors (Lipinski definition) is 0. The van der Waals surface area contributed by atoms with Gasteiger partial charge in [-0.05, 0) is 149 Å². The number of pyridine rings is 3. The topological polar surface area (TPSA) is 126 Å². The van der Waals surface area contributed by atoms with Crippen molar-refractivity contribution in [3.63, 3.8) is 0 Å². The second kappa shape index (κ2) is 36.6. The standard InChI is InChI=1S/3C43H28N4/c1-4-14-29(15-5-1)36-27-32-20-13-25-40-41(32)42(44-36)35-23-10-11-24-39(35)47(40)34-22-12-21-33(26-34)43-45-37(30-16-6-2-7-17-30)28-38(46-43)31-18-8-3-9-19-31;1-4-14-29(15-5-1)37-27-35-34-22-10-11-24-40(34)47(41-25-13-23-36(44-37)42(35)41)33-21-12-20-32(26-33)43-45-38(30-16-6-2-7-17-30)28-39(46-43)31-18-8-3-9-19-31;1-4-13-29(14-5-1)33-26-36-35-21-10-11-22-40(35)47(41-23-24-44-39(27-33)42(36)41)34-20-12-19-32(25-34)43-45-37(30-15-6-2-7-16-30)28-38(46-43)31-17-8-3-9-18-31/h3*1-28H. The van der Waals surface area contributed by atoms with Gasteiger partial charge in [-0.2, -0.15) is 0 Å². The van der Waals surface area contributed by atoms with Crippen LogP contribution in [-0.2, 0) is 0 Å². The maximum atomic E-state index is 5.27. The summed E-state index contributed by atoms with van der Waals surface area (Å²) < 4.78 is 0. The molecule has 0 N–H and O–H groups in total. The van der Waals surface area contributed by atoms with Crippen LogP contribution in [0.4, 0.5) is 51.2 Å². The third-order valence-corrected chi connectivity index (χ3v) is 26.4. The highest BCUT2D eigenvalue weighted by molar-refractivity contribution is 6.17. The Labute approximate surface area is 816 Å². The van der Waals surface area contributed by atoms with Crippen LogP contribution in [0.2, 0.25) is 0 Å². The van der Waals surface area contributed by atoms with E-state index >= 15 is 0 Å². The largest absolute Gasteiger partial charge is 0.309 e. The van der Waals surface area contributed by atoms with E-state index in [9.17, 15) is 0 Å². The van der Waals surface area contributed by atoms with Gasteiger partial charge in [-0.1, -0.05) is 382 Å². The van der Waals surface area contributed by atoms with Gasteiger partial charge < -0.3 is 14.7 Å². The van der Waals surface area contributed by atoms with Gasteiger partial charge in [0.05, 0.1) is 96.4 Å². The van der Waals surface area contributed by atoms with Gasteiger partial charge >= 0.3 is 0 Å². The van der Waals surface area contributed by atoms with E-state index in [1.807, 2.05) is 128 Å². The summed E-state index contributed by atoms with van der Waals surface area (Å²) in [4.78, 5) is 52.9. The summed E-state index contributed by atoms with van der Waals surface area (Å²) in [6.07, 6.45) is 1.92. The quantitative estimate of drug-likeness (QED) is 0.0970. The maximum absolute atomic E-state index is 5.27. The van der Waals surface area contributed by atoms with Crippen molar-refractivity contribution in [1.82, 2.24) is 44.9 Å². The molecule has 18 aromatic carbocycles. The van der Waals surface area contributed by atoms with Gasteiger partial charge in [-0.15, -0.1) is 0 Å². The molecule has 0 amide bonds. The number of anilines is 9. The van der Waals surface area contributed by atoms with Crippen molar-refractivity contribution in [3.8, 4) is 169 Å².